The number of piperazine rings is 1. The molecular formula is C21H29N5O3. The summed E-state index contributed by atoms with van der Waals surface area (Å²) in [5.74, 6) is 1.93. The first kappa shape index (κ1) is 20.9. The van der Waals surface area contributed by atoms with Crippen LogP contribution in [0.25, 0.3) is 0 Å². The summed E-state index contributed by atoms with van der Waals surface area (Å²) in [6.07, 6.45) is 3.98. The quantitative estimate of drug-likeness (QED) is 0.726. The molecule has 3 rings (SSSR count). The van der Waals surface area contributed by atoms with Gasteiger partial charge >= 0.3 is 0 Å². The number of nitrogens with zero attached hydrogens (tertiary/aromatic N) is 4. The van der Waals surface area contributed by atoms with Crippen molar-refractivity contribution in [1.29, 1.82) is 0 Å². The highest BCUT2D eigenvalue weighted by Gasteiger charge is 2.21. The van der Waals surface area contributed by atoms with E-state index in [0.29, 0.717) is 29.6 Å². The monoisotopic (exact) mass is 399 g/mol. The molecule has 2 heterocycles. The lowest BCUT2D eigenvalue weighted by molar-refractivity contribution is 0.0642. The summed E-state index contributed by atoms with van der Waals surface area (Å²) in [4.78, 5) is 25.4. The summed E-state index contributed by atoms with van der Waals surface area (Å²) in [5.41, 5.74) is 1.65. The van der Waals surface area contributed by atoms with Crippen LogP contribution in [0.3, 0.4) is 0 Å². The Bertz CT molecular complexity index is 804. The predicted octanol–water partition coefficient (Wildman–Crippen LogP) is 1.93. The van der Waals surface area contributed by atoms with Crippen molar-refractivity contribution >= 4 is 11.9 Å². The second kappa shape index (κ2) is 10.1. The Balaban J connectivity index is 1.50. The van der Waals surface area contributed by atoms with Crippen LogP contribution in [0.4, 0.5) is 5.95 Å². The molecule has 1 aromatic heterocycles. The number of hydrogen-bond donors (Lipinski definition) is 1. The van der Waals surface area contributed by atoms with E-state index in [1.165, 1.54) is 0 Å². The number of aromatic nitrogens is 2. The Morgan fingerprint density at radius 2 is 1.76 bits per heavy atom. The predicted molar refractivity (Wildman–Crippen MR) is 112 cm³/mol. The van der Waals surface area contributed by atoms with Crippen molar-refractivity contribution < 1.29 is 14.3 Å². The van der Waals surface area contributed by atoms with Crippen LogP contribution >= 0.6 is 0 Å². The van der Waals surface area contributed by atoms with Crippen molar-refractivity contribution in [1.82, 2.24) is 19.8 Å². The highest BCUT2D eigenvalue weighted by Crippen LogP contribution is 2.27. The highest BCUT2D eigenvalue weighted by molar-refractivity contribution is 5.93. The third-order valence-corrected chi connectivity index (χ3v) is 5.15. The molecule has 1 aliphatic heterocycles. The van der Waals surface area contributed by atoms with Crippen LogP contribution in [0.15, 0.2) is 30.6 Å². The van der Waals surface area contributed by atoms with Gasteiger partial charge in [-0.25, -0.2) is 9.97 Å². The van der Waals surface area contributed by atoms with Crippen LogP contribution in [0.1, 0.15) is 22.8 Å². The second-order valence-corrected chi connectivity index (χ2v) is 6.89. The van der Waals surface area contributed by atoms with Crippen LogP contribution in [-0.4, -0.2) is 79.2 Å². The molecule has 0 bridgehead atoms. The maximum absolute atomic E-state index is 12.6. The molecule has 0 spiro atoms. The molecule has 156 valence electrons. The summed E-state index contributed by atoms with van der Waals surface area (Å²) in [7, 11) is 3.25. The lowest BCUT2D eigenvalue weighted by Crippen LogP contribution is -2.48. The topological polar surface area (TPSA) is 79.8 Å². The van der Waals surface area contributed by atoms with Crippen molar-refractivity contribution in [3.63, 3.8) is 0 Å². The van der Waals surface area contributed by atoms with Crippen molar-refractivity contribution in [2.24, 2.45) is 0 Å². The number of carbonyl (C=O) groups excluding carboxylic acids is 1. The fourth-order valence-electron chi connectivity index (χ4n) is 3.33. The van der Waals surface area contributed by atoms with E-state index in [0.717, 1.165) is 44.7 Å². The molecule has 0 aliphatic carbocycles. The molecule has 1 N–H and O–H groups in total. The van der Waals surface area contributed by atoms with Crippen LogP contribution in [0, 0.1) is 0 Å². The Morgan fingerprint density at radius 1 is 1.07 bits per heavy atom. The minimum Gasteiger partial charge on any atom is -0.493 e. The Morgan fingerprint density at radius 3 is 2.38 bits per heavy atom. The first-order valence-corrected chi connectivity index (χ1v) is 9.93. The molecule has 1 fully saturated rings. The average Bonchev–Trinajstić information content (AvgIpc) is 2.79. The third kappa shape index (κ3) is 5.35. The molecule has 1 saturated heterocycles. The molecule has 0 radical (unpaired) electrons. The van der Waals surface area contributed by atoms with Crippen LogP contribution in [0.2, 0.25) is 0 Å². The molecule has 0 unspecified atom stereocenters. The number of benzene rings is 1. The smallest absolute Gasteiger partial charge is 0.257 e. The molecule has 29 heavy (non-hydrogen) atoms. The zero-order valence-corrected chi connectivity index (χ0v) is 17.4. The van der Waals surface area contributed by atoms with Gasteiger partial charge < -0.3 is 24.6 Å². The fraction of sp³-hybridized carbons (Fsp3) is 0.476. The lowest BCUT2D eigenvalue weighted by atomic mass is 10.1. The summed E-state index contributed by atoms with van der Waals surface area (Å²) < 4.78 is 10.6. The van der Waals surface area contributed by atoms with Gasteiger partial charge in [0.1, 0.15) is 0 Å². The van der Waals surface area contributed by atoms with Gasteiger partial charge in [-0.2, -0.15) is 0 Å². The first-order chi connectivity index (χ1) is 14.1. The van der Waals surface area contributed by atoms with Crippen molar-refractivity contribution in [2.75, 3.05) is 58.8 Å². The molecule has 1 aromatic carbocycles. The van der Waals surface area contributed by atoms with E-state index < -0.39 is 0 Å². The largest absolute Gasteiger partial charge is 0.493 e. The van der Waals surface area contributed by atoms with Gasteiger partial charge in [0.15, 0.2) is 11.5 Å². The van der Waals surface area contributed by atoms with Gasteiger partial charge in [-0.15, -0.1) is 0 Å². The zero-order valence-electron chi connectivity index (χ0n) is 17.4. The summed E-state index contributed by atoms with van der Waals surface area (Å²) >= 11 is 0. The SMILES string of the molecule is CCN1CCN(C(=O)c2cnc(NCCc3ccc(OC)c(OC)c3)nc2)CC1. The number of anilines is 1. The lowest BCUT2D eigenvalue weighted by Gasteiger charge is -2.33. The number of rotatable bonds is 8. The standard InChI is InChI=1S/C21H29N5O3/c1-4-25-9-11-26(12-10-25)20(27)17-14-23-21(24-15-17)22-8-7-16-5-6-18(28-2)19(13-16)29-3/h5-6,13-15H,4,7-12H2,1-3H3,(H,22,23,24). The van der Waals surface area contributed by atoms with Gasteiger partial charge in [-0.3, -0.25) is 4.79 Å². The third-order valence-electron chi connectivity index (χ3n) is 5.15. The van der Waals surface area contributed by atoms with Gasteiger partial charge in [0.2, 0.25) is 5.95 Å². The van der Waals surface area contributed by atoms with E-state index in [1.54, 1.807) is 26.6 Å². The maximum atomic E-state index is 12.6. The fourth-order valence-corrected chi connectivity index (χ4v) is 3.33. The molecule has 0 atom stereocenters. The Kier molecular flexibility index (Phi) is 7.24. The highest BCUT2D eigenvalue weighted by atomic mass is 16.5. The molecule has 1 aliphatic rings. The first-order valence-electron chi connectivity index (χ1n) is 9.93. The number of amides is 1. The van der Waals surface area contributed by atoms with Gasteiger partial charge in [0, 0.05) is 45.1 Å². The Hall–Kier alpha value is -2.87. The Labute approximate surface area is 171 Å². The molecular weight excluding hydrogens is 370 g/mol. The minimum atomic E-state index is -0.00219. The number of methoxy groups -OCH3 is 2. The zero-order chi connectivity index (χ0) is 20.6. The van der Waals surface area contributed by atoms with E-state index in [2.05, 4.69) is 27.1 Å². The van der Waals surface area contributed by atoms with E-state index >= 15 is 0 Å². The van der Waals surface area contributed by atoms with Crippen molar-refractivity contribution in [2.45, 2.75) is 13.3 Å². The summed E-state index contributed by atoms with van der Waals surface area (Å²) in [5, 5.41) is 3.19. The van der Waals surface area contributed by atoms with Crippen LogP contribution in [-0.2, 0) is 6.42 Å². The van der Waals surface area contributed by atoms with E-state index in [9.17, 15) is 4.79 Å². The number of hydrogen-bond acceptors (Lipinski definition) is 7. The number of ether oxygens (including phenoxy) is 2. The maximum Gasteiger partial charge on any atom is 0.257 e. The van der Waals surface area contributed by atoms with E-state index in [-0.39, 0.29) is 5.91 Å². The molecule has 8 heteroatoms. The van der Waals surface area contributed by atoms with Crippen molar-refractivity contribution in [3.8, 4) is 11.5 Å². The van der Waals surface area contributed by atoms with Gasteiger partial charge in [-0.05, 0) is 30.7 Å². The van der Waals surface area contributed by atoms with E-state index in [1.807, 2.05) is 23.1 Å². The molecule has 8 nitrogen and oxygen atoms in total. The number of carbonyl (C=O) groups is 1. The normalized spacial score (nSPS) is 14.5. The van der Waals surface area contributed by atoms with Crippen LogP contribution in [0.5, 0.6) is 11.5 Å². The van der Waals surface area contributed by atoms with Gasteiger partial charge in [0.25, 0.3) is 5.91 Å². The van der Waals surface area contributed by atoms with Gasteiger partial charge in [0.05, 0.1) is 19.8 Å². The van der Waals surface area contributed by atoms with Crippen molar-refractivity contribution in [3.05, 3.63) is 41.7 Å². The second-order valence-electron chi connectivity index (χ2n) is 6.89. The minimum absolute atomic E-state index is 0.00219. The number of nitrogens with one attached hydrogen (secondary N) is 1. The van der Waals surface area contributed by atoms with Gasteiger partial charge in [-0.1, -0.05) is 13.0 Å². The molecule has 0 saturated carbocycles. The van der Waals surface area contributed by atoms with E-state index in [4.69, 9.17) is 9.47 Å². The average molecular weight is 399 g/mol. The van der Waals surface area contributed by atoms with Crippen LogP contribution < -0.4 is 14.8 Å². The summed E-state index contributed by atoms with van der Waals surface area (Å²) in [6.45, 7) is 7.16. The molecule has 1 amide bonds. The molecule has 2 aromatic rings. The summed E-state index contributed by atoms with van der Waals surface area (Å²) in [6, 6.07) is 5.86. The number of likely N-dealkylation sites (N-methyl/N-ethyl adjacent to an activating group) is 1.